The lowest BCUT2D eigenvalue weighted by Crippen LogP contribution is -2.37. The van der Waals surface area contributed by atoms with Crippen LogP contribution in [0.4, 0.5) is 17.1 Å². The maximum absolute atomic E-state index is 12.2. The third-order valence-corrected chi connectivity index (χ3v) is 5.11. The molecule has 1 heterocycles. The van der Waals surface area contributed by atoms with E-state index in [1.165, 1.54) is 6.07 Å². The molecule has 0 saturated heterocycles. The first kappa shape index (κ1) is 20.4. The van der Waals surface area contributed by atoms with Gasteiger partial charge in [0.05, 0.1) is 5.69 Å². The number of aromatic nitrogens is 1. The van der Waals surface area contributed by atoms with Crippen LogP contribution in [0.3, 0.4) is 0 Å². The van der Waals surface area contributed by atoms with Gasteiger partial charge in [0.15, 0.2) is 0 Å². The molecule has 7 nitrogen and oxygen atoms in total. The van der Waals surface area contributed by atoms with Gasteiger partial charge < -0.3 is 20.8 Å². The summed E-state index contributed by atoms with van der Waals surface area (Å²) in [5.41, 5.74) is 1.19. The molecule has 156 valence electrons. The van der Waals surface area contributed by atoms with E-state index < -0.39 is 10.9 Å². The number of aromatic hydroxyl groups is 2. The van der Waals surface area contributed by atoms with E-state index in [0.717, 1.165) is 5.56 Å². The molecule has 1 unspecified atom stereocenters. The largest absolute Gasteiger partial charge is 0.508 e. The van der Waals surface area contributed by atoms with Gasteiger partial charge >= 0.3 is 0 Å². The number of hydrogen-bond acceptors (Lipinski definition) is 7. The van der Waals surface area contributed by atoms with Gasteiger partial charge in [-0.1, -0.05) is 29.8 Å². The van der Waals surface area contributed by atoms with Crippen molar-refractivity contribution in [3.8, 4) is 22.8 Å². The van der Waals surface area contributed by atoms with Crippen molar-refractivity contribution >= 4 is 28.7 Å². The van der Waals surface area contributed by atoms with Crippen LogP contribution in [0, 0.1) is 0 Å². The lowest BCUT2D eigenvalue weighted by molar-refractivity contribution is 0.474. The number of nitrogens with zero attached hydrogens (tertiary/aromatic N) is 1. The fraction of sp³-hybridized carbons (Fsp3) is 0.0870. The highest BCUT2D eigenvalue weighted by molar-refractivity contribution is 6.29. The highest BCUT2D eigenvalue weighted by Gasteiger charge is 2.23. The third kappa shape index (κ3) is 4.08. The zero-order valence-corrected chi connectivity index (χ0v) is 17.1. The number of hydrogen-bond donors (Lipinski definition) is 4. The minimum atomic E-state index is -0.638. The molecule has 0 radical (unpaired) electrons. The third-order valence-electron chi connectivity index (χ3n) is 4.90. The van der Waals surface area contributed by atoms with E-state index in [4.69, 9.17) is 11.6 Å². The summed E-state index contributed by atoms with van der Waals surface area (Å²) < 4.78 is 0. The Bertz CT molecular complexity index is 1350. The van der Waals surface area contributed by atoms with Gasteiger partial charge in [0, 0.05) is 17.3 Å². The summed E-state index contributed by atoms with van der Waals surface area (Å²) in [6.45, 7) is 1.82. The fourth-order valence-corrected chi connectivity index (χ4v) is 3.43. The molecule has 0 saturated carbocycles. The average Bonchev–Trinajstić information content (AvgIpc) is 2.76. The molecule has 0 aliphatic rings. The summed E-state index contributed by atoms with van der Waals surface area (Å²) in [5, 5.41) is 26.2. The molecule has 0 fully saturated rings. The Morgan fingerprint density at radius 2 is 1.68 bits per heavy atom. The molecule has 31 heavy (non-hydrogen) atoms. The summed E-state index contributed by atoms with van der Waals surface area (Å²) >= 11 is 5.94. The molecule has 3 aromatic carbocycles. The van der Waals surface area contributed by atoms with Crippen LogP contribution < -0.4 is 21.5 Å². The van der Waals surface area contributed by atoms with Gasteiger partial charge in [-0.15, -0.1) is 0 Å². The Labute approximate surface area is 182 Å². The van der Waals surface area contributed by atoms with Gasteiger partial charge in [0.1, 0.15) is 28.0 Å². The molecule has 1 atom stereocenters. The minimum Gasteiger partial charge on any atom is -0.508 e. The van der Waals surface area contributed by atoms with Gasteiger partial charge in [0.25, 0.3) is 10.9 Å². The van der Waals surface area contributed by atoms with E-state index >= 15 is 0 Å². The van der Waals surface area contributed by atoms with Crippen LogP contribution in [0.1, 0.15) is 18.5 Å². The summed E-state index contributed by atoms with van der Waals surface area (Å²) in [5.74, 6) is 0.113. The Morgan fingerprint density at radius 3 is 2.42 bits per heavy atom. The van der Waals surface area contributed by atoms with Crippen molar-refractivity contribution in [3.05, 3.63) is 91.8 Å². The molecular formula is C23H18ClN3O4. The number of phenols is 2. The van der Waals surface area contributed by atoms with E-state index in [2.05, 4.69) is 15.6 Å². The topological polar surface area (TPSA) is 112 Å². The standard InChI is InChI=1S/C23H18ClN3O4/c1-12(13-4-2-5-15(28)10-13)25-20-21(23(31)22(20)30)26-14-8-9-18(29)16(11-14)17-6-3-7-19(24)27-17/h2-12,25-26,28-29H,1H3. The van der Waals surface area contributed by atoms with Gasteiger partial charge in [-0.3, -0.25) is 9.59 Å². The molecule has 1 aromatic heterocycles. The number of nitrogens with one attached hydrogen (secondary N) is 2. The SMILES string of the molecule is CC(Nc1c(Nc2ccc(O)c(-c3cccc(Cl)n3)c2)c(=O)c1=O)c1cccc(O)c1. The number of halogens is 1. The highest BCUT2D eigenvalue weighted by Crippen LogP contribution is 2.33. The second kappa shape index (κ2) is 8.12. The normalized spacial score (nSPS) is 11.9. The van der Waals surface area contributed by atoms with Gasteiger partial charge in [0.2, 0.25) is 0 Å². The van der Waals surface area contributed by atoms with Crippen LogP contribution in [-0.2, 0) is 0 Å². The zero-order chi connectivity index (χ0) is 22.1. The van der Waals surface area contributed by atoms with Crippen molar-refractivity contribution in [2.75, 3.05) is 10.6 Å². The fourth-order valence-electron chi connectivity index (χ4n) is 3.26. The molecule has 0 bridgehead atoms. The number of rotatable bonds is 6. The molecule has 0 spiro atoms. The monoisotopic (exact) mass is 435 g/mol. The van der Waals surface area contributed by atoms with Crippen LogP contribution >= 0.6 is 11.6 Å². The van der Waals surface area contributed by atoms with Crippen molar-refractivity contribution in [1.29, 1.82) is 0 Å². The smallest absolute Gasteiger partial charge is 0.253 e. The summed E-state index contributed by atoms with van der Waals surface area (Å²) in [7, 11) is 0. The second-order valence-corrected chi connectivity index (χ2v) is 7.46. The van der Waals surface area contributed by atoms with E-state index in [-0.39, 0.29) is 34.1 Å². The Hall–Kier alpha value is -3.84. The van der Waals surface area contributed by atoms with Crippen LogP contribution in [0.5, 0.6) is 11.5 Å². The van der Waals surface area contributed by atoms with E-state index in [9.17, 15) is 19.8 Å². The first-order chi connectivity index (χ1) is 14.8. The molecule has 4 rings (SSSR count). The molecule has 4 N–H and O–H groups in total. The van der Waals surface area contributed by atoms with Gasteiger partial charge in [-0.2, -0.15) is 0 Å². The number of anilines is 3. The molecule has 0 aliphatic heterocycles. The molecule has 0 amide bonds. The predicted molar refractivity (Wildman–Crippen MR) is 121 cm³/mol. The van der Waals surface area contributed by atoms with Crippen LogP contribution in [-0.4, -0.2) is 15.2 Å². The van der Waals surface area contributed by atoms with Gasteiger partial charge in [-0.05, 0) is 55.0 Å². The zero-order valence-electron chi connectivity index (χ0n) is 16.4. The first-order valence-corrected chi connectivity index (χ1v) is 9.83. The Kier molecular flexibility index (Phi) is 5.35. The van der Waals surface area contributed by atoms with E-state index in [0.29, 0.717) is 16.9 Å². The van der Waals surface area contributed by atoms with E-state index in [1.54, 1.807) is 54.6 Å². The molecule has 0 aliphatic carbocycles. The molecular weight excluding hydrogens is 418 g/mol. The second-order valence-electron chi connectivity index (χ2n) is 7.07. The summed E-state index contributed by atoms with van der Waals surface area (Å²) in [6.07, 6.45) is 0. The minimum absolute atomic E-state index is 0.00108. The Balaban J connectivity index is 1.61. The quantitative estimate of drug-likeness (QED) is 0.202. The van der Waals surface area contributed by atoms with Crippen molar-refractivity contribution in [2.45, 2.75) is 13.0 Å². The van der Waals surface area contributed by atoms with Crippen molar-refractivity contribution < 1.29 is 10.2 Å². The maximum Gasteiger partial charge on any atom is 0.253 e. The predicted octanol–water partition coefficient (Wildman–Crippen LogP) is 4.33. The lowest BCUT2D eigenvalue weighted by Gasteiger charge is -2.20. The van der Waals surface area contributed by atoms with Crippen LogP contribution in [0.25, 0.3) is 11.3 Å². The average molecular weight is 436 g/mol. The number of pyridine rings is 1. The number of benzene rings is 2. The Morgan fingerprint density at radius 1 is 0.935 bits per heavy atom. The summed E-state index contributed by atoms with van der Waals surface area (Å²) in [6, 6.07) is 16.0. The first-order valence-electron chi connectivity index (χ1n) is 9.45. The molecule has 8 heteroatoms. The number of phenolic OH excluding ortho intramolecular Hbond substituents is 2. The van der Waals surface area contributed by atoms with Gasteiger partial charge in [-0.25, -0.2) is 4.98 Å². The lowest BCUT2D eigenvalue weighted by atomic mass is 10.1. The van der Waals surface area contributed by atoms with Crippen molar-refractivity contribution in [3.63, 3.8) is 0 Å². The van der Waals surface area contributed by atoms with Crippen LogP contribution in [0.15, 0.2) is 70.3 Å². The van der Waals surface area contributed by atoms with Crippen LogP contribution in [0.2, 0.25) is 5.15 Å². The molecule has 4 aromatic rings. The highest BCUT2D eigenvalue weighted by atomic mass is 35.5. The summed E-state index contributed by atoms with van der Waals surface area (Å²) in [4.78, 5) is 28.5. The maximum atomic E-state index is 12.2. The van der Waals surface area contributed by atoms with Crippen molar-refractivity contribution in [2.24, 2.45) is 0 Å². The van der Waals surface area contributed by atoms with E-state index in [1.807, 2.05) is 6.92 Å². The van der Waals surface area contributed by atoms with Crippen molar-refractivity contribution in [1.82, 2.24) is 4.98 Å².